The van der Waals surface area contributed by atoms with E-state index in [9.17, 15) is 14.7 Å². The average molecular weight is 514 g/mol. The van der Waals surface area contributed by atoms with Crippen LogP contribution in [0.5, 0.6) is 0 Å². The molecule has 196 valence electrons. The van der Waals surface area contributed by atoms with Crippen LogP contribution in [0.3, 0.4) is 0 Å². The van der Waals surface area contributed by atoms with Gasteiger partial charge < -0.3 is 20.1 Å². The Labute approximate surface area is 221 Å². The highest BCUT2D eigenvalue weighted by atomic mass is 16.5. The van der Waals surface area contributed by atoms with E-state index >= 15 is 0 Å². The highest BCUT2D eigenvalue weighted by molar-refractivity contribution is 5.88. The summed E-state index contributed by atoms with van der Waals surface area (Å²) in [5, 5.41) is 23.2. The molecule has 2 heterocycles. The van der Waals surface area contributed by atoms with Crippen LogP contribution in [-0.4, -0.2) is 56.2 Å². The van der Waals surface area contributed by atoms with Gasteiger partial charge in [-0.15, -0.1) is 5.10 Å². The number of aryl methyl sites for hydroxylation is 2. The van der Waals surface area contributed by atoms with Gasteiger partial charge in [-0.2, -0.15) is 0 Å². The molecule has 2 N–H and O–H groups in total. The first-order chi connectivity index (χ1) is 18.5. The van der Waals surface area contributed by atoms with Crippen LogP contribution < -0.4 is 5.32 Å². The maximum absolute atomic E-state index is 11.7. The second-order valence-corrected chi connectivity index (χ2v) is 9.66. The Morgan fingerprint density at radius 2 is 1.82 bits per heavy atom. The molecule has 1 aliphatic rings. The Kier molecular flexibility index (Phi) is 7.65. The molecule has 9 nitrogen and oxygen atoms in total. The van der Waals surface area contributed by atoms with Crippen molar-refractivity contribution in [1.29, 1.82) is 0 Å². The van der Waals surface area contributed by atoms with Gasteiger partial charge in [-0.3, -0.25) is 4.79 Å². The van der Waals surface area contributed by atoms with Gasteiger partial charge in [0.25, 0.3) is 0 Å². The SMILES string of the molecule is CC(=O)Nc1ccc(CCn2nncc2[C@H]2CCN(C(=O)O)C[C@@H]2OCc2ccc3ccccc3c2)cc1. The molecule has 9 heteroatoms. The van der Waals surface area contributed by atoms with Gasteiger partial charge in [0.1, 0.15) is 0 Å². The number of fused-ring (bicyclic) bond motifs is 1. The Morgan fingerprint density at radius 1 is 1.05 bits per heavy atom. The lowest BCUT2D eigenvalue weighted by atomic mass is 9.90. The third-order valence-electron chi connectivity index (χ3n) is 7.02. The first kappa shape index (κ1) is 25.4. The molecule has 0 saturated carbocycles. The second kappa shape index (κ2) is 11.4. The zero-order valence-corrected chi connectivity index (χ0v) is 21.3. The number of carboxylic acid groups (broad SMARTS) is 1. The molecule has 5 rings (SSSR count). The minimum absolute atomic E-state index is 0.0248. The molecule has 1 saturated heterocycles. The molecule has 1 aliphatic heterocycles. The topological polar surface area (TPSA) is 110 Å². The van der Waals surface area contributed by atoms with Gasteiger partial charge in [-0.1, -0.05) is 53.7 Å². The number of piperidine rings is 1. The van der Waals surface area contributed by atoms with Crippen molar-refractivity contribution in [3.05, 3.63) is 89.7 Å². The number of amides is 2. The summed E-state index contributed by atoms with van der Waals surface area (Å²) in [5.74, 6) is -0.125. The molecule has 4 aromatic rings. The molecule has 38 heavy (non-hydrogen) atoms. The Balaban J connectivity index is 1.29. The Hall–Kier alpha value is -4.24. The number of ether oxygens (including phenoxy) is 1. The van der Waals surface area contributed by atoms with Crippen LogP contribution in [0.1, 0.15) is 36.1 Å². The van der Waals surface area contributed by atoms with Gasteiger partial charge in [0.15, 0.2) is 0 Å². The van der Waals surface area contributed by atoms with Crippen molar-refractivity contribution in [3.63, 3.8) is 0 Å². The molecule has 0 aliphatic carbocycles. The van der Waals surface area contributed by atoms with Crippen LogP contribution in [-0.2, 0) is 29.1 Å². The summed E-state index contributed by atoms with van der Waals surface area (Å²) in [6.45, 7) is 3.24. The normalized spacial score (nSPS) is 17.4. The van der Waals surface area contributed by atoms with Gasteiger partial charge in [0, 0.05) is 31.6 Å². The third kappa shape index (κ3) is 6.00. The van der Waals surface area contributed by atoms with E-state index in [2.05, 4.69) is 46.0 Å². The van der Waals surface area contributed by atoms with Crippen molar-refractivity contribution in [1.82, 2.24) is 19.9 Å². The minimum atomic E-state index is -0.933. The largest absolute Gasteiger partial charge is 0.465 e. The van der Waals surface area contributed by atoms with Gasteiger partial charge in [0.05, 0.1) is 31.1 Å². The van der Waals surface area contributed by atoms with Gasteiger partial charge in [-0.05, 0) is 52.9 Å². The molecule has 0 spiro atoms. The molecule has 0 radical (unpaired) electrons. The smallest absolute Gasteiger partial charge is 0.407 e. The third-order valence-corrected chi connectivity index (χ3v) is 7.02. The van der Waals surface area contributed by atoms with E-state index < -0.39 is 6.09 Å². The number of hydrogen-bond acceptors (Lipinski definition) is 5. The maximum Gasteiger partial charge on any atom is 0.407 e. The maximum atomic E-state index is 11.7. The number of benzene rings is 3. The van der Waals surface area contributed by atoms with Gasteiger partial charge in [0.2, 0.25) is 5.91 Å². The lowest BCUT2D eigenvalue weighted by Gasteiger charge is -2.37. The highest BCUT2D eigenvalue weighted by Crippen LogP contribution is 2.31. The molecule has 2 atom stereocenters. The molecule has 1 aromatic heterocycles. The Bertz CT molecular complexity index is 1420. The summed E-state index contributed by atoms with van der Waals surface area (Å²) in [5.41, 5.74) is 3.88. The van der Waals surface area contributed by atoms with Crippen molar-refractivity contribution in [2.45, 2.75) is 44.9 Å². The number of hydrogen-bond donors (Lipinski definition) is 2. The van der Waals surface area contributed by atoms with E-state index in [1.165, 1.54) is 17.2 Å². The zero-order valence-electron chi connectivity index (χ0n) is 21.3. The first-order valence-electron chi connectivity index (χ1n) is 12.8. The van der Waals surface area contributed by atoms with Crippen LogP contribution in [0.25, 0.3) is 10.8 Å². The standard InChI is InChI=1S/C29H31N5O4/c1-20(35)31-25-10-7-21(8-11-25)12-15-34-27(17-30-32-34)26-13-14-33(29(36)37)18-28(26)38-19-22-6-9-23-4-2-3-5-24(23)16-22/h2-11,16-17,26,28H,12-15,18-19H2,1H3,(H,31,35)(H,36,37)/t26-,28+/m1/s1. The fraction of sp³-hybridized carbons (Fsp3) is 0.310. The number of carbonyl (C=O) groups excluding carboxylic acids is 1. The zero-order chi connectivity index (χ0) is 26.5. The molecule has 1 fully saturated rings. The first-order valence-corrected chi connectivity index (χ1v) is 12.8. The van der Waals surface area contributed by atoms with E-state index in [1.54, 1.807) is 6.20 Å². The van der Waals surface area contributed by atoms with Crippen molar-refractivity contribution in [2.75, 3.05) is 18.4 Å². The molecular formula is C29H31N5O4. The predicted molar refractivity (Wildman–Crippen MR) is 144 cm³/mol. The summed E-state index contributed by atoms with van der Waals surface area (Å²) in [6.07, 6.45) is 1.89. The highest BCUT2D eigenvalue weighted by Gasteiger charge is 2.35. The summed E-state index contributed by atoms with van der Waals surface area (Å²) in [6, 6.07) is 22.2. The molecule has 2 amide bonds. The molecule has 0 bridgehead atoms. The predicted octanol–water partition coefficient (Wildman–Crippen LogP) is 4.69. The lowest BCUT2D eigenvalue weighted by Crippen LogP contribution is -2.46. The van der Waals surface area contributed by atoms with Crippen LogP contribution in [0, 0.1) is 0 Å². The van der Waals surface area contributed by atoms with E-state index in [-0.39, 0.29) is 17.9 Å². The van der Waals surface area contributed by atoms with Gasteiger partial charge >= 0.3 is 6.09 Å². The van der Waals surface area contributed by atoms with E-state index in [4.69, 9.17) is 4.74 Å². The molecule has 0 unspecified atom stereocenters. The summed E-state index contributed by atoms with van der Waals surface area (Å²) < 4.78 is 8.29. The second-order valence-electron chi connectivity index (χ2n) is 9.66. The minimum Gasteiger partial charge on any atom is -0.465 e. The fourth-order valence-electron chi connectivity index (χ4n) is 5.05. The van der Waals surface area contributed by atoms with Crippen molar-refractivity contribution >= 4 is 28.5 Å². The van der Waals surface area contributed by atoms with Crippen molar-refractivity contribution < 1.29 is 19.4 Å². The molecule has 3 aromatic carbocycles. The number of nitrogens with one attached hydrogen (secondary N) is 1. The number of likely N-dealkylation sites (tertiary alicyclic amines) is 1. The van der Waals surface area contributed by atoms with Crippen molar-refractivity contribution in [2.24, 2.45) is 0 Å². The quantitative estimate of drug-likeness (QED) is 0.354. The van der Waals surface area contributed by atoms with E-state index in [0.717, 1.165) is 34.3 Å². The number of nitrogens with zero attached hydrogens (tertiary/aromatic N) is 4. The summed E-state index contributed by atoms with van der Waals surface area (Å²) in [4.78, 5) is 24.4. The van der Waals surface area contributed by atoms with Crippen molar-refractivity contribution in [3.8, 4) is 0 Å². The van der Waals surface area contributed by atoms with Gasteiger partial charge in [-0.25, -0.2) is 9.48 Å². The molecular weight excluding hydrogens is 482 g/mol. The fourth-order valence-corrected chi connectivity index (χ4v) is 5.05. The Morgan fingerprint density at radius 3 is 2.58 bits per heavy atom. The summed E-state index contributed by atoms with van der Waals surface area (Å²) >= 11 is 0. The summed E-state index contributed by atoms with van der Waals surface area (Å²) in [7, 11) is 0. The van der Waals surface area contributed by atoms with Crippen LogP contribution >= 0.6 is 0 Å². The van der Waals surface area contributed by atoms with Crippen LogP contribution in [0.15, 0.2) is 72.9 Å². The van der Waals surface area contributed by atoms with Crippen LogP contribution in [0.2, 0.25) is 0 Å². The number of anilines is 1. The van der Waals surface area contributed by atoms with E-state index in [0.29, 0.717) is 32.7 Å². The van der Waals surface area contributed by atoms with Crippen LogP contribution in [0.4, 0.5) is 10.5 Å². The number of aromatic nitrogens is 3. The van der Waals surface area contributed by atoms with E-state index in [1.807, 2.05) is 41.1 Å². The lowest BCUT2D eigenvalue weighted by molar-refractivity contribution is -0.114. The number of carbonyl (C=O) groups is 2. The number of rotatable bonds is 8. The average Bonchev–Trinajstić information content (AvgIpc) is 3.39. The monoisotopic (exact) mass is 513 g/mol.